The van der Waals surface area contributed by atoms with Gasteiger partial charge in [0.1, 0.15) is 0 Å². The standard InChI is InChI=1S/C10H9F3N2O3/c1-5(14)9(16)6-2-7(10(11,12)13)4-8(3-6)15(17)18/h2-5H,14H2,1H3. The average molecular weight is 262 g/mol. The molecule has 0 bridgehead atoms. The Hall–Kier alpha value is -1.96. The van der Waals surface area contributed by atoms with Crippen LogP contribution in [-0.2, 0) is 6.18 Å². The number of benzene rings is 1. The fourth-order valence-corrected chi connectivity index (χ4v) is 1.29. The summed E-state index contributed by atoms with van der Waals surface area (Å²) in [7, 11) is 0. The second-order valence-corrected chi connectivity index (χ2v) is 3.68. The van der Waals surface area contributed by atoms with Crippen LogP contribution in [0.1, 0.15) is 22.8 Å². The lowest BCUT2D eigenvalue weighted by atomic mass is 10.0. The van der Waals surface area contributed by atoms with Crippen molar-refractivity contribution in [3.05, 3.63) is 39.4 Å². The molecule has 0 spiro atoms. The molecular weight excluding hydrogens is 253 g/mol. The van der Waals surface area contributed by atoms with Crippen molar-refractivity contribution in [3.63, 3.8) is 0 Å². The number of carbonyl (C=O) groups excluding carboxylic acids is 1. The van der Waals surface area contributed by atoms with E-state index in [1.807, 2.05) is 0 Å². The number of nitrogens with zero attached hydrogens (tertiary/aromatic N) is 1. The first-order valence-electron chi connectivity index (χ1n) is 4.79. The topological polar surface area (TPSA) is 86.2 Å². The van der Waals surface area contributed by atoms with Gasteiger partial charge in [0.25, 0.3) is 5.69 Å². The minimum atomic E-state index is -4.76. The Morgan fingerprint density at radius 3 is 2.33 bits per heavy atom. The third-order valence-corrected chi connectivity index (χ3v) is 2.15. The molecule has 1 rings (SSSR count). The van der Waals surface area contributed by atoms with Crippen LogP contribution >= 0.6 is 0 Å². The third-order valence-electron chi connectivity index (χ3n) is 2.15. The van der Waals surface area contributed by atoms with Gasteiger partial charge in [0.2, 0.25) is 0 Å². The first kappa shape index (κ1) is 14.1. The Labute approximate surface area is 99.5 Å². The maximum atomic E-state index is 12.5. The number of nitro groups is 1. The van der Waals surface area contributed by atoms with Gasteiger partial charge < -0.3 is 5.73 Å². The van der Waals surface area contributed by atoms with Crippen LogP contribution in [-0.4, -0.2) is 16.7 Å². The number of carbonyl (C=O) groups is 1. The summed E-state index contributed by atoms with van der Waals surface area (Å²) in [5.41, 5.74) is 2.78. The van der Waals surface area contributed by atoms with E-state index in [9.17, 15) is 28.1 Å². The zero-order chi connectivity index (χ0) is 14.1. The van der Waals surface area contributed by atoms with E-state index < -0.39 is 39.7 Å². The molecule has 0 heterocycles. The summed E-state index contributed by atoms with van der Waals surface area (Å²) in [5, 5.41) is 10.5. The average Bonchev–Trinajstić information content (AvgIpc) is 2.26. The van der Waals surface area contributed by atoms with Crippen molar-refractivity contribution in [1.82, 2.24) is 0 Å². The molecule has 0 fully saturated rings. The molecular formula is C10H9F3N2O3. The highest BCUT2D eigenvalue weighted by atomic mass is 19.4. The fourth-order valence-electron chi connectivity index (χ4n) is 1.29. The van der Waals surface area contributed by atoms with Crippen LogP contribution < -0.4 is 5.73 Å². The summed E-state index contributed by atoms with van der Waals surface area (Å²) in [6.07, 6.45) is -4.76. The Morgan fingerprint density at radius 2 is 1.94 bits per heavy atom. The summed E-state index contributed by atoms with van der Waals surface area (Å²) < 4.78 is 37.5. The number of nitro benzene ring substituents is 1. The lowest BCUT2D eigenvalue weighted by Gasteiger charge is -2.09. The second-order valence-electron chi connectivity index (χ2n) is 3.68. The molecule has 1 aromatic rings. The van der Waals surface area contributed by atoms with E-state index in [4.69, 9.17) is 5.73 Å². The van der Waals surface area contributed by atoms with Crippen LogP contribution in [0.4, 0.5) is 18.9 Å². The summed E-state index contributed by atoms with van der Waals surface area (Å²) in [4.78, 5) is 21.0. The molecule has 18 heavy (non-hydrogen) atoms. The predicted octanol–water partition coefficient (Wildman–Crippen LogP) is 2.14. The number of ketones is 1. The van der Waals surface area contributed by atoms with Crippen LogP contribution in [0.2, 0.25) is 0 Å². The molecule has 0 aliphatic rings. The maximum Gasteiger partial charge on any atom is 0.416 e. The van der Waals surface area contributed by atoms with E-state index in [1.54, 1.807) is 0 Å². The SMILES string of the molecule is CC(N)C(=O)c1cc([N+](=O)[O-])cc(C(F)(F)F)c1. The number of non-ortho nitro benzene ring substituents is 1. The summed E-state index contributed by atoms with van der Waals surface area (Å²) in [5.74, 6) is -0.788. The minimum Gasteiger partial charge on any atom is -0.321 e. The largest absolute Gasteiger partial charge is 0.416 e. The van der Waals surface area contributed by atoms with E-state index >= 15 is 0 Å². The molecule has 0 aromatic heterocycles. The van der Waals surface area contributed by atoms with Crippen molar-refractivity contribution >= 4 is 11.5 Å². The lowest BCUT2D eigenvalue weighted by Crippen LogP contribution is -2.27. The summed E-state index contributed by atoms with van der Waals surface area (Å²) in [6, 6.07) is 0.672. The molecule has 2 N–H and O–H groups in total. The summed E-state index contributed by atoms with van der Waals surface area (Å²) in [6.45, 7) is 1.29. The Morgan fingerprint density at radius 1 is 1.39 bits per heavy atom. The van der Waals surface area contributed by atoms with Gasteiger partial charge in [-0.2, -0.15) is 13.2 Å². The molecule has 0 amide bonds. The van der Waals surface area contributed by atoms with Crippen LogP contribution in [0.25, 0.3) is 0 Å². The number of Topliss-reactive ketones (excluding diaryl/α,β-unsaturated/α-hetero) is 1. The first-order valence-corrected chi connectivity index (χ1v) is 4.79. The van der Waals surface area contributed by atoms with Gasteiger partial charge in [0, 0.05) is 17.7 Å². The maximum absolute atomic E-state index is 12.5. The molecule has 0 aliphatic heterocycles. The highest BCUT2D eigenvalue weighted by Crippen LogP contribution is 2.32. The minimum absolute atomic E-state index is 0.373. The second kappa shape index (κ2) is 4.73. The van der Waals surface area contributed by atoms with Crippen LogP contribution in [0.5, 0.6) is 0 Å². The normalized spacial score (nSPS) is 13.2. The zero-order valence-electron chi connectivity index (χ0n) is 9.19. The van der Waals surface area contributed by atoms with Gasteiger partial charge in [-0.3, -0.25) is 14.9 Å². The monoisotopic (exact) mass is 262 g/mol. The van der Waals surface area contributed by atoms with Crippen molar-refractivity contribution < 1.29 is 22.9 Å². The number of nitrogens with two attached hydrogens (primary N) is 1. The predicted molar refractivity (Wildman–Crippen MR) is 56.1 cm³/mol. The zero-order valence-corrected chi connectivity index (χ0v) is 9.19. The van der Waals surface area contributed by atoms with E-state index in [0.717, 1.165) is 6.07 Å². The van der Waals surface area contributed by atoms with Gasteiger partial charge in [-0.25, -0.2) is 0 Å². The van der Waals surface area contributed by atoms with Gasteiger partial charge in [-0.15, -0.1) is 0 Å². The fraction of sp³-hybridized carbons (Fsp3) is 0.300. The van der Waals surface area contributed by atoms with E-state index in [-0.39, 0.29) is 0 Å². The molecule has 8 heteroatoms. The van der Waals surface area contributed by atoms with Crippen LogP contribution in [0, 0.1) is 10.1 Å². The van der Waals surface area contributed by atoms with Crippen molar-refractivity contribution in [2.45, 2.75) is 19.1 Å². The van der Waals surface area contributed by atoms with E-state index in [2.05, 4.69) is 0 Å². The van der Waals surface area contributed by atoms with Crippen molar-refractivity contribution in [2.24, 2.45) is 5.73 Å². The molecule has 0 radical (unpaired) electrons. The molecule has 0 saturated heterocycles. The Kier molecular flexibility index (Phi) is 3.70. The van der Waals surface area contributed by atoms with Crippen molar-refractivity contribution in [1.29, 1.82) is 0 Å². The number of alkyl halides is 3. The van der Waals surface area contributed by atoms with Gasteiger partial charge in [-0.05, 0) is 13.0 Å². The van der Waals surface area contributed by atoms with Crippen molar-refractivity contribution in [2.75, 3.05) is 0 Å². The van der Waals surface area contributed by atoms with Gasteiger partial charge >= 0.3 is 6.18 Å². The Bertz CT molecular complexity index is 498. The molecule has 0 saturated carbocycles. The Balaban J connectivity index is 3.41. The van der Waals surface area contributed by atoms with Crippen LogP contribution in [0.3, 0.4) is 0 Å². The van der Waals surface area contributed by atoms with Gasteiger partial charge in [-0.1, -0.05) is 0 Å². The van der Waals surface area contributed by atoms with E-state index in [1.165, 1.54) is 6.92 Å². The molecule has 98 valence electrons. The summed E-state index contributed by atoms with van der Waals surface area (Å²) >= 11 is 0. The number of halogens is 3. The van der Waals surface area contributed by atoms with Gasteiger partial charge in [0.05, 0.1) is 16.5 Å². The molecule has 0 aliphatic carbocycles. The molecule has 1 aromatic carbocycles. The van der Waals surface area contributed by atoms with Crippen molar-refractivity contribution in [3.8, 4) is 0 Å². The first-order chi connectivity index (χ1) is 8.12. The lowest BCUT2D eigenvalue weighted by molar-refractivity contribution is -0.385. The van der Waals surface area contributed by atoms with E-state index in [0.29, 0.717) is 12.1 Å². The van der Waals surface area contributed by atoms with Gasteiger partial charge in [0.15, 0.2) is 5.78 Å². The molecule has 5 nitrogen and oxygen atoms in total. The third kappa shape index (κ3) is 3.04. The number of hydrogen-bond donors (Lipinski definition) is 1. The molecule has 1 unspecified atom stereocenters. The number of rotatable bonds is 3. The number of hydrogen-bond acceptors (Lipinski definition) is 4. The quantitative estimate of drug-likeness (QED) is 0.513. The smallest absolute Gasteiger partial charge is 0.321 e. The van der Waals surface area contributed by atoms with Crippen LogP contribution in [0.15, 0.2) is 18.2 Å². The highest BCUT2D eigenvalue weighted by molar-refractivity contribution is 6.00. The molecule has 1 atom stereocenters. The highest BCUT2D eigenvalue weighted by Gasteiger charge is 2.33.